The van der Waals surface area contributed by atoms with Crippen molar-refractivity contribution in [3.8, 4) is 9.88 Å². The van der Waals surface area contributed by atoms with Gasteiger partial charge in [-0.1, -0.05) is 6.07 Å². The zero-order valence-electron chi connectivity index (χ0n) is 13.3. The molecule has 6 nitrogen and oxygen atoms in total. The minimum Gasteiger partial charge on any atom is -0.350 e. The van der Waals surface area contributed by atoms with Gasteiger partial charge in [0.15, 0.2) is 0 Å². The third-order valence-electron chi connectivity index (χ3n) is 4.02. The first-order chi connectivity index (χ1) is 11.4. The molecule has 1 N–H and O–H groups in total. The molecule has 0 unspecified atom stereocenters. The van der Waals surface area contributed by atoms with E-state index in [-0.39, 0.29) is 11.8 Å². The zero-order valence-corrected chi connectivity index (χ0v) is 15.7. The maximum absolute atomic E-state index is 12.3. The minimum absolute atomic E-state index is 0.0196. The standard InChI is InChI=1S/C15H19N3O3S3/c1-24(20,21)18-6-4-11(5-7-18)14(19)16-9-12-10-23-15(17-12)13-3-2-8-22-13/h2-3,8,10-11H,4-7,9H2,1H3,(H,16,19). The Hall–Kier alpha value is -1.29. The molecule has 0 aromatic carbocycles. The van der Waals surface area contributed by atoms with Crippen LogP contribution in [0, 0.1) is 5.92 Å². The van der Waals surface area contributed by atoms with Gasteiger partial charge in [-0.3, -0.25) is 4.79 Å². The molecule has 0 bridgehead atoms. The van der Waals surface area contributed by atoms with Gasteiger partial charge < -0.3 is 5.32 Å². The Bertz CT molecular complexity index is 791. The van der Waals surface area contributed by atoms with E-state index in [1.165, 1.54) is 10.6 Å². The molecule has 1 amide bonds. The highest BCUT2D eigenvalue weighted by molar-refractivity contribution is 7.88. The summed E-state index contributed by atoms with van der Waals surface area (Å²) in [5, 5.41) is 7.86. The van der Waals surface area contributed by atoms with Gasteiger partial charge in [0.1, 0.15) is 5.01 Å². The molecular formula is C15H19N3O3S3. The molecule has 1 aliphatic heterocycles. The van der Waals surface area contributed by atoms with Gasteiger partial charge in [0, 0.05) is 24.4 Å². The second-order valence-electron chi connectivity index (χ2n) is 5.78. The number of amides is 1. The molecule has 0 aliphatic carbocycles. The molecule has 0 saturated carbocycles. The fourth-order valence-corrected chi connectivity index (χ4v) is 5.18. The summed E-state index contributed by atoms with van der Waals surface area (Å²) in [6.45, 7) is 1.24. The van der Waals surface area contributed by atoms with Gasteiger partial charge in [-0.15, -0.1) is 22.7 Å². The van der Waals surface area contributed by atoms with Crippen LogP contribution in [0.3, 0.4) is 0 Å². The number of nitrogens with zero attached hydrogens (tertiary/aromatic N) is 2. The van der Waals surface area contributed by atoms with E-state index in [4.69, 9.17) is 0 Å². The summed E-state index contributed by atoms with van der Waals surface area (Å²) in [7, 11) is -3.16. The molecule has 1 fully saturated rings. The second kappa shape index (κ2) is 7.30. The van der Waals surface area contributed by atoms with Crippen LogP contribution in [0.5, 0.6) is 0 Å². The van der Waals surface area contributed by atoms with Crippen LogP contribution in [-0.2, 0) is 21.4 Å². The number of carbonyl (C=O) groups is 1. The maximum Gasteiger partial charge on any atom is 0.223 e. The lowest BCUT2D eigenvalue weighted by atomic mass is 9.97. The molecule has 2 aromatic heterocycles. The van der Waals surface area contributed by atoms with Crippen molar-refractivity contribution in [1.29, 1.82) is 0 Å². The highest BCUT2D eigenvalue weighted by atomic mass is 32.2. The smallest absolute Gasteiger partial charge is 0.223 e. The van der Waals surface area contributed by atoms with E-state index >= 15 is 0 Å². The Morgan fingerprint density at radius 2 is 2.12 bits per heavy atom. The van der Waals surface area contributed by atoms with Crippen LogP contribution < -0.4 is 5.32 Å². The number of hydrogen-bond acceptors (Lipinski definition) is 6. The van der Waals surface area contributed by atoms with Crippen LogP contribution in [0.2, 0.25) is 0 Å². The third-order valence-corrected chi connectivity index (χ3v) is 7.25. The molecule has 0 radical (unpaired) electrons. The van der Waals surface area contributed by atoms with Gasteiger partial charge in [0.25, 0.3) is 0 Å². The highest BCUT2D eigenvalue weighted by Gasteiger charge is 2.28. The fourth-order valence-electron chi connectivity index (χ4n) is 2.67. The Kier molecular flexibility index (Phi) is 5.33. The Morgan fingerprint density at radius 1 is 1.38 bits per heavy atom. The SMILES string of the molecule is CS(=O)(=O)N1CCC(C(=O)NCc2csc(-c3cccs3)n2)CC1. The van der Waals surface area contributed by atoms with E-state index < -0.39 is 10.0 Å². The van der Waals surface area contributed by atoms with E-state index in [9.17, 15) is 13.2 Å². The van der Waals surface area contributed by atoms with Crippen molar-refractivity contribution in [1.82, 2.24) is 14.6 Å². The predicted octanol–water partition coefficient (Wildman–Crippen LogP) is 2.16. The first-order valence-electron chi connectivity index (χ1n) is 7.64. The Labute approximate surface area is 149 Å². The van der Waals surface area contributed by atoms with Crippen molar-refractivity contribution in [2.24, 2.45) is 5.92 Å². The van der Waals surface area contributed by atoms with Crippen LogP contribution in [0.15, 0.2) is 22.9 Å². The van der Waals surface area contributed by atoms with Crippen molar-refractivity contribution in [2.75, 3.05) is 19.3 Å². The van der Waals surface area contributed by atoms with E-state index in [1.54, 1.807) is 22.7 Å². The summed E-state index contributed by atoms with van der Waals surface area (Å²) in [6, 6.07) is 4.02. The van der Waals surface area contributed by atoms with Crippen LogP contribution in [0.4, 0.5) is 0 Å². The molecule has 0 atom stereocenters. The summed E-state index contributed by atoms with van der Waals surface area (Å²) in [6.07, 6.45) is 2.34. The number of piperidine rings is 1. The monoisotopic (exact) mass is 385 g/mol. The molecule has 9 heteroatoms. The third kappa shape index (κ3) is 4.21. The molecular weight excluding hydrogens is 366 g/mol. The lowest BCUT2D eigenvalue weighted by molar-refractivity contribution is -0.126. The molecule has 2 aromatic rings. The molecule has 3 heterocycles. The molecule has 1 saturated heterocycles. The van der Waals surface area contributed by atoms with Gasteiger partial charge in [0.05, 0.1) is 23.4 Å². The van der Waals surface area contributed by atoms with E-state index in [2.05, 4.69) is 10.3 Å². The molecule has 130 valence electrons. The van der Waals surface area contributed by atoms with Crippen LogP contribution in [0.25, 0.3) is 9.88 Å². The fraction of sp³-hybridized carbons (Fsp3) is 0.467. The number of rotatable bonds is 5. The lowest BCUT2D eigenvalue weighted by Crippen LogP contribution is -2.42. The van der Waals surface area contributed by atoms with Crippen molar-refractivity contribution < 1.29 is 13.2 Å². The molecule has 3 rings (SSSR count). The van der Waals surface area contributed by atoms with E-state index in [0.29, 0.717) is 32.5 Å². The molecule has 0 spiro atoms. The summed E-state index contributed by atoms with van der Waals surface area (Å²) < 4.78 is 24.4. The number of carbonyl (C=O) groups excluding carboxylic acids is 1. The second-order valence-corrected chi connectivity index (χ2v) is 9.56. The van der Waals surface area contributed by atoms with Crippen molar-refractivity contribution in [2.45, 2.75) is 19.4 Å². The van der Waals surface area contributed by atoms with Crippen LogP contribution in [0.1, 0.15) is 18.5 Å². The first kappa shape index (κ1) is 17.5. The molecule has 24 heavy (non-hydrogen) atoms. The summed E-state index contributed by atoms with van der Waals surface area (Å²) >= 11 is 3.22. The van der Waals surface area contributed by atoms with Gasteiger partial charge in [-0.05, 0) is 24.3 Å². The number of sulfonamides is 1. The normalized spacial score (nSPS) is 17.0. The quantitative estimate of drug-likeness (QED) is 0.855. The lowest BCUT2D eigenvalue weighted by Gasteiger charge is -2.29. The van der Waals surface area contributed by atoms with Crippen LogP contribution in [-0.4, -0.2) is 43.0 Å². The van der Waals surface area contributed by atoms with Gasteiger partial charge in [-0.25, -0.2) is 17.7 Å². The average Bonchev–Trinajstić information content (AvgIpc) is 3.23. The topological polar surface area (TPSA) is 79.4 Å². The van der Waals surface area contributed by atoms with Crippen molar-refractivity contribution in [3.63, 3.8) is 0 Å². The van der Waals surface area contributed by atoms with Crippen LogP contribution >= 0.6 is 22.7 Å². The largest absolute Gasteiger partial charge is 0.350 e. The average molecular weight is 386 g/mol. The minimum atomic E-state index is -3.16. The van der Waals surface area contributed by atoms with Crippen molar-refractivity contribution >= 4 is 38.6 Å². The van der Waals surface area contributed by atoms with E-state index in [0.717, 1.165) is 15.6 Å². The maximum atomic E-state index is 12.3. The number of nitrogens with one attached hydrogen (secondary N) is 1. The summed E-state index contributed by atoms with van der Waals surface area (Å²) in [5.74, 6) is -0.146. The van der Waals surface area contributed by atoms with Gasteiger partial charge >= 0.3 is 0 Å². The number of hydrogen-bond donors (Lipinski definition) is 1. The Balaban J connectivity index is 1.50. The van der Waals surface area contributed by atoms with Gasteiger partial charge in [-0.2, -0.15) is 0 Å². The van der Waals surface area contributed by atoms with E-state index in [1.807, 2.05) is 22.9 Å². The number of aromatic nitrogens is 1. The predicted molar refractivity (Wildman–Crippen MR) is 96.4 cm³/mol. The summed E-state index contributed by atoms with van der Waals surface area (Å²) in [5.41, 5.74) is 0.852. The van der Waals surface area contributed by atoms with Gasteiger partial charge in [0.2, 0.25) is 15.9 Å². The molecule has 1 aliphatic rings. The number of thiophene rings is 1. The Morgan fingerprint density at radius 3 is 2.75 bits per heavy atom. The first-order valence-corrected chi connectivity index (χ1v) is 11.3. The highest BCUT2D eigenvalue weighted by Crippen LogP contribution is 2.27. The van der Waals surface area contributed by atoms with Crippen molar-refractivity contribution in [3.05, 3.63) is 28.6 Å². The summed E-state index contributed by atoms with van der Waals surface area (Å²) in [4.78, 5) is 17.9. The number of thiazole rings is 1. The zero-order chi connectivity index (χ0) is 17.2.